The molecule has 0 aliphatic heterocycles. The van der Waals surface area contributed by atoms with Crippen LogP contribution in [0.1, 0.15) is 38.7 Å². The molecule has 1 unspecified atom stereocenters. The zero-order valence-corrected chi connectivity index (χ0v) is 18.8. The summed E-state index contributed by atoms with van der Waals surface area (Å²) in [5, 5.41) is 16.1. The fourth-order valence-corrected chi connectivity index (χ4v) is 3.17. The number of carboxylic acid groups (broad SMARTS) is 1. The van der Waals surface area contributed by atoms with Crippen LogP contribution in [0.25, 0.3) is 11.3 Å². The molecule has 0 saturated heterocycles. The third kappa shape index (κ3) is 7.38. The van der Waals surface area contributed by atoms with Crippen molar-refractivity contribution in [3.63, 3.8) is 0 Å². The fraction of sp³-hybridized carbons (Fsp3) is 0.346. The Morgan fingerprint density at radius 2 is 1.75 bits per heavy atom. The summed E-state index contributed by atoms with van der Waals surface area (Å²) < 4.78 is 0. The van der Waals surface area contributed by atoms with E-state index >= 15 is 0 Å². The molecule has 0 bridgehead atoms. The molecule has 1 aliphatic rings. The first kappa shape index (κ1) is 23.3. The van der Waals surface area contributed by atoms with E-state index in [1.54, 1.807) is 6.07 Å². The van der Waals surface area contributed by atoms with Crippen LogP contribution in [0.15, 0.2) is 67.0 Å². The number of carbonyl (C=O) groups is 1. The third-order valence-corrected chi connectivity index (χ3v) is 5.04. The highest BCUT2D eigenvalue weighted by Gasteiger charge is 2.20. The van der Waals surface area contributed by atoms with Gasteiger partial charge < -0.3 is 15.7 Å². The third-order valence-electron chi connectivity index (χ3n) is 5.04. The monoisotopic (exact) mass is 432 g/mol. The van der Waals surface area contributed by atoms with E-state index in [1.807, 2.05) is 54.6 Å². The molecule has 3 aromatic rings. The van der Waals surface area contributed by atoms with Gasteiger partial charge in [0.2, 0.25) is 0 Å². The highest BCUT2D eigenvalue weighted by Crippen LogP contribution is 2.29. The molecule has 0 amide bonds. The van der Waals surface area contributed by atoms with E-state index in [9.17, 15) is 9.90 Å². The molecule has 0 spiro atoms. The zero-order chi connectivity index (χ0) is 22.8. The lowest BCUT2D eigenvalue weighted by Gasteiger charge is -2.15. The van der Waals surface area contributed by atoms with Crippen LogP contribution in [0.3, 0.4) is 0 Å². The summed E-state index contributed by atoms with van der Waals surface area (Å²) in [5.41, 5.74) is 3.76. The molecule has 1 aromatic heterocycles. The zero-order valence-electron chi connectivity index (χ0n) is 18.8. The minimum absolute atomic E-state index is 0.372. The molecule has 2 aromatic carbocycles. The van der Waals surface area contributed by atoms with E-state index < -0.39 is 12.0 Å². The summed E-state index contributed by atoms with van der Waals surface area (Å²) in [6.45, 7) is 5.28. The molecule has 0 radical (unpaired) electrons. The first-order chi connectivity index (χ1) is 15.6. The Morgan fingerprint density at radius 3 is 2.38 bits per heavy atom. The van der Waals surface area contributed by atoms with Gasteiger partial charge in [-0.05, 0) is 36.5 Å². The normalized spacial score (nSPS) is 13.4. The van der Waals surface area contributed by atoms with Crippen molar-refractivity contribution in [2.75, 3.05) is 17.2 Å². The maximum atomic E-state index is 11.7. The van der Waals surface area contributed by atoms with E-state index in [0.29, 0.717) is 12.2 Å². The number of carboxylic acids is 1. The highest BCUT2D eigenvalue weighted by molar-refractivity contribution is 5.77. The van der Waals surface area contributed by atoms with Gasteiger partial charge in [0, 0.05) is 30.3 Å². The van der Waals surface area contributed by atoms with Crippen LogP contribution in [-0.2, 0) is 11.2 Å². The van der Waals surface area contributed by atoms with Gasteiger partial charge in [0.25, 0.3) is 0 Å². The lowest BCUT2D eigenvalue weighted by molar-refractivity contribution is -0.137. The minimum Gasteiger partial charge on any atom is -0.480 e. The predicted molar refractivity (Wildman–Crippen MR) is 130 cm³/mol. The number of benzene rings is 2. The molecule has 1 atom stereocenters. The quantitative estimate of drug-likeness (QED) is 0.414. The van der Waals surface area contributed by atoms with Crippen LogP contribution < -0.4 is 10.6 Å². The predicted octanol–water partition coefficient (Wildman–Crippen LogP) is 5.49. The van der Waals surface area contributed by atoms with Crippen molar-refractivity contribution in [2.45, 2.75) is 45.6 Å². The number of hydrogen-bond acceptors (Lipinski definition) is 5. The standard InChI is InChI=1S/C23H24N4O2.C3H8/c28-23(29)21(12-16-4-2-1-3-5-16)27-22-13-20(25-15-26-22)18-8-10-19(11-9-18)24-14-17-6-7-17;1-3-2/h1-5,8-11,13,15,17,21,24H,6-7,12,14H2,(H,28,29)(H,25,26,27);3H2,1-2H3. The van der Waals surface area contributed by atoms with Gasteiger partial charge in [0.1, 0.15) is 18.2 Å². The van der Waals surface area contributed by atoms with E-state index in [2.05, 4.69) is 34.4 Å². The maximum Gasteiger partial charge on any atom is 0.326 e. The van der Waals surface area contributed by atoms with Crippen molar-refractivity contribution in [3.8, 4) is 11.3 Å². The summed E-state index contributed by atoms with van der Waals surface area (Å²) in [5.74, 6) is 0.401. The average Bonchev–Trinajstić information content (AvgIpc) is 3.64. The van der Waals surface area contributed by atoms with Crippen molar-refractivity contribution < 1.29 is 9.90 Å². The summed E-state index contributed by atoms with van der Waals surface area (Å²) in [4.78, 5) is 20.2. The van der Waals surface area contributed by atoms with E-state index in [4.69, 9.17) is 0 Å². The van der Waals surface area contributed by atoms with Crippen LogP contribution >= 0.6 is 0 Å². The second-order valence-corrected chi connectivity index (χ2v) is 8.12. The smallest absolute Gasteiger partial charge is 0.326 e. The van der Waals surface area contributed by atoms with Crippen LogP contribution in [0, 0.1) is 5.92 Å². The summed E-state index contributed by atoms with van der Waals surface area (Å²) in [6.07, 6.45) is 5.72. The Labute approximate surface area is 190 Å². The first-order valence-electron chi connectivity index (χ1n) is 11.3. The molecule has 32 heavy (non-hydrogen) atoms. The van der Waals surface area contributed by atoms with Crippen LogP contribution in [0.2, 0.25) is 0 Å². The largest absolute Gasteiger partial charge is 0.480 e. The number of hydrogen-bond donors (Lipinski definition) is 3. The maximum absolute atomic E-state index is 11.7. The lowest BCUT2D eigenvalue weighted by Crippen LogP contribution is -2.31. The Bertz CT molecular complexity index is 973. The van der Waals surface area contributed by atoms with Gasteiger partial charge in [-0.1, -0.05) is 62.7 Å². The SMILES string of the molecule is CCC.O=C(O)C(Cc1ccccc1)Nc1cc(-c2ccc(NCC3CC3)cc2)ncn1. The van der Waals surface area contributed by atoms with Gasteiger partial charge in [-0.3, -0.25) is 0 Å². The first-order valence-corrected chi connectivity index (χ1v) is 11.3. The molecule has 6 nitrogen and oxygen atoms in total. The van der Waals surface area contributed by atoms with Crippen molar-refractivity contribution in [1.82, 2.24) is 9.97 Å². The van der Waals surface area contributed by atoms with E-state index in [1.165, 1.54) is 25.6 Å². The Balaban J connectivity index is 0.000000913. The van der Waals surface area contributed by atoms with Gasteiger partial charge in [-0.25, -0.2) is 14.8 Å². The molecule has 1 saturated carbocycles. The molecular weight excluding hydrogens is 400 g/mol. The van der Waals surface area contributed by atoms with Crippen molar-refractivity contribution >= 4 is 17.5 Å². The van der Waals surface area contributed by atoms with Crippen LogP contribution in [-0.4, -0.2) is 33.6 Å². The van der Waals surface area contributed by atoms with Crippen molar-refractivity contribution in [3.05, 3.63) is 72.6 Å². The lowest BCUT2D eigenvalue weighted by atomic mass is 10.1. The molecule has 1 fully saturated rings. The molecule has 168 valence electrons. The molecule has 1 heterocycles. The molecule has 1 aliphatic carbocycles. The Hall–Kier alpha value is -3.41. The second-order valence-electron chi connectivity index (χ2n) is 8.12. The van der Waals surface area contributed by atoms with Gasteiger partial charge in [-0.15, -0.1) is 0 Å². The van der Waals surface area contributed by atoms with Crippen molar-refractivity contribution in [1.29, 1.82) is 0 Å². The molecule has 6 heteroatoms. The topological polar surface area (TPSA) is 87.1 Å². The molecule has 3 N–H and O–H groups in total. The minimum atomic E-state index is -0.917. The number of aromatic nitrogens is 2. The van der Waals surface area contributed by atoms with E-state index in [-0.39, 0.29) is 0 Å². The number of nitrogens with one attached hydrogen (secondary N) is 2. The molecule has 4 rings (SSSR count). The summed E-state index contributed by atoms with van der Waals surface area (Å²) >= 11 is 0. The summed E-state index contributed by atoms with van der Waals surface area (Å²) in [7, 11) is 0. The average molecular weight is 433 g/mol. The number of rotatable bonds is 9. The second kappa shape index (κ2) is 11.8. The Kier molecular flexibility index (Phi) is 8.61. The van der Waals surface area contributed by atoms with Gasteiger partial charge in [-0.2, -0.15) is 0 Å². The van der Waals surface area contributed by atoms with Crippen LogP contribution in [0.5, 0.6) is 0 Å². The number of anilines is 2. The van der Waals surface area contributed by atoms with Crippen molar-refractivity contribution in [2.24, 2.45) is 5.92 Å². The van der Waals surface area contributed by atoms with E-state index in [0.717, 1.165) is 35.0 Å². The molecular formula is C26H32N4O2. The Morgan fingerprint density at radius 1 is 1.06 bits per heavy atom. The van der Waals surface area contributed by atoms with Gasteiger partial charge in [0.15, 0.2) is 0 Å². The summed E-state index contributed by atoms with van der Waals surface area (Å²) in [6, 6.07) is 18.7. The van der Waals surface area contributed by atoms with Crippen LogP contribution in [0.4, 0.5) is 11.5 Å². The highest BCUT2D eigenvalue weighted by atomic mass is 16.4. The van der Waals surface area contributed by atoms with Gasteiger partial charge in [0.05, 0.1) is 5.69 Å². The number of aliphatic carboxylic acids is 1. The number of nitrogens with zero attached hydrogens (tertiary/aromatic N) is 2. The fourth-order valence-electron chi connectivity index (χ4n) is 3.17. The van der Waals surface area contributed by atoms with Gasteiger partial charge >= 0.3 is 5.97 Å².